The molecular weight excluding hydrogens is 200 g/mol. The molecule has 7 heteroatoms. The molecule has 0 aliphatic rings. The summed E-state index contributed by atoms with van der Waals surface area (Å²) in [5.74, 6) is -2.71. The molecule has 0 spiro atoms. The third-order valence-electron chi connectivity index (χ3n) is 1.14. The average Bonchev–Trinajstić information content (AvgIpc) is 2.03. The number of carboxylic acids is 2. The highest BCUT2D eigenvalue weighted by atomic mass is 35.5. The first-order valence-corrected chi connectivity index (χ1v) is 3.39. The van der Waals surface area contributed by atoms with E-state index in [-0.39, 0.29) is 0 Å². The zero-order valence-corrected chi connectivity index (χ0v) is 6.82. The molecule has 0 bridgehead atoms. The fourth-order valence-electron chi connectivity index (χ4n) is 0.637. The molecule has 13 heavy (non-hydrogen) atoms. The number of nitrogens with zero attached hydrogens (tertiary/aromatic N) is 2. The standard InChI is InChI=1S/C6H3ClN2O4/c7-6-8-2(4(10)11)1-3(9-6)5(12)13/h1H,(H,10,11)(H,12,13). The summed E-state index contributed by atoms with van der Waals surface area (Å²) in [6.45, 7) is 0. The zero-order valence-electron chi connectivity index (χ0n) is 6.06. The number of hydrogen-bond donors (Lipinski definition) is 2. The van der Waals surface area contributed by atoms with E-state index in [1.807, 2.05) is 0 Å². The maximum absolute atomic E-state index is 10.4. The molecule has 0 aromatic carbocycles. The first-order valence-electron chi connectivity index (χ1n) is 3.02. The Morgan fingerprint density at radius 2 is 1.54 bits per heavy atom. The summed E-state index contributed by atoms with van der Waals surface area (Å²) in [5, 5.41) is 16.5. The van der Waals surface area contributed by atoms with E-state index in [0.717, 1.165) is 6.07 Å². The van der Waals surface area contributed by atoms with Crippen LogP contribution in [0.25, 0.3) is 0 Å². The van der Waals surface area contributed by atoms with E-state index in [2.05, 4.69) is 9.97 Å². The lowest BCUT2D eigenvalue weighted by molar-refractivity contribution is 0.0689. The minimum absolute atomic E-state index is 0.405. The molecule has 2 N–H and O–H groups in total. The van der Waals surface area contributed by atoms with Crippen molar-refractivity contribution in [1.29, 1.82) is 0 Å². The lowest BCUT2D eigenvalue weighted by Gasteiger charge is -1.96. The summed E-state index contributed by atoms with van der Waals surface area (Å²) >= 11 is 5.29. The number of aromatic nitrogens is 2. The van der Waals surface area contributed by atoms with Crippen LogP contribution >= 0.6 is 11.6 Å². The maximum Gasteiger partial charge on any atom is 0.354 e. The molecule has 0 aliphatic carbocycles. The SMILES string of the molecule is O=C(O)c1cc(C(=O)O)nc(Cl)n1. The number of halogens is 1. The molecule has 0 fully saturated rings. The second-order valence-electron chi connectivity index (χ2n) is 2.02. The molecule has 0 amide bonds. The van der Waals surface area contributed by atoms with Crippen LogP contribution in [0.3, 0.4) is 0 Å². The third-order valence-corrected chi connectivity index (χ3v) is 1.31. The van der Waals surface area contributed by atoms with Gasteiger partial charge in [0, 0.05) is 6.07 Å². The molecule has 1 aromatic heterocycles. The number of aromatic carboxylic acids is 2. The van der Waals surface area contributed by atoms with Gasteiger partial charge in [0.1, 0.15) is 0 Å². The third kappa shape index (κ3) is 2.12. The van der Waals surface area contributed by atoms with Crippen LogP contribution < -0.4 is 0 Å². The van der Waals surface area contributed by atoms with Crippen LogP contribution in [0.4, 0.5) is 0 Å². The first kappa shape index (κ1) is 9.40. The van der Waals surface area contributed by atoms with Crippen molar-refractivity contribution in [3.05, 3.63) is 22.7 Å². The van der Waals surface area contributed by atoms with Gasteiger partial charge in [-0.2, -0.15) is 0 Å². The molecule has 0 aliphatic heterocycles. The maximum atomic E-state index is 10.4. The summed E-state index contributed by atoms with van der Waals surface area (Å²) in [6.07, 6.45) is 0. The molecule has 0 unspecified atom stereocenters. The van der Waals surface area contributed by atoms with Gasteiger partial charge >= 0.3 is 11.9 Å². The van der Waals surface area contributed by atoms with Crippen molar-refractivity contribution in [3.8, 4) is 0 Å². The highest BCUT2D eigenvalue weighted by Crippen LogP contribution is 2.05. The summed E-state index contributed by atoms with van der Waals surface area (Å²) in [4.78, 5) is 27.4. The van der Waals surface area contributed by atoms with Gasteiger partial charge in [-0.3, -0.25) is 0 Å². The largest absolute Gasteiger partial charge is 0.477 e. The van der Waals surface area contributed by atoms with Crippen LogP contribution in [0.15, 0.2) is 6.07 Å². The Bertz CT molecular complexity index is 347. The van der Waals surface area contributed by atoms with Gasteiger partial charge in [-0.05, 0) is 11.6 Å². The lowest BCUT2D eigenvalue weighted by atomic mass is 10.3. The van der Waals surface area contributed by atoms with Crippen LogP contribution in [-0.4, -0.2) is 32.1 Å². The Balaban J connectivity index is 3.26. The molecular formula is C6H3ClN2O4. The van der Waals surface area contributed by atoms with Gasteiger partial charge in [-0.15, -0.1) is 0 Å². The lowest BCUT2D eigenvalue weighted by Crippen LogP contribution is -2.07. The van der Waals surface area contributed by atoms with Crippen LogP contribution in [0.5, 0.6) is 0 Å². The van der Waals surface area contributed by atoms with Crippen LogP contribution in [0, 0.1) is 0 Å². The molecule has 1 rings (SSSR count). The Morgan fingerprint density at radius 3 is 1.85 bits per heavy atom. The molecule has 1 heterocycles. The van der Waals surface area contributed by atoms with Gasteiger partial charge in [-0.1, -0.05) is 0 Å². The monoisotopic (exact) mass is 202 g/mol. The fraction of sp³-hybridized carbons (Fsp3) is 0. The molecule has 68 valence electrons. The molecule has 0 saturated carbocycles. The normalized spacial score (nSPS) is 9.62. The number of hydrogen-bond acceptors (Lipinski definition) is 4. The van der Waals surface area contributed by atoms with E-state index in [0.29, 0.717) is 0 Å². The van der Waals surface area contributed by atoms with Gasteiger partial charge in [0.2, 0.25) is 5.28 Å². The summed E-state index contributed by atoms with van der Waals surface area (Å²) in [5.41, 5.74) is -0.894. The Kier molecular flexibility index (Phi) is 2.43. The van der Waals surface area contributed by atoms with E-state index in [4.69, 9.17) is 21.8 Å². The van der Waals surface area contributed by atoms with Gasteiger partial charge in [-0.25, -0.2) is 19.6 Å². The van der Waals surface area contributed by atoms with Gasteiger partial charge in [0.05, 0.1) is 0 Å². The summed E-state index contributed by atoms with van der Waals surface area (Å²) in [6, 6.07) is 0.830. The van der Waals surface area contributed by atoms with Crippen molar-refractivity contribution in [2.75, 3.05) is 0 Å². The summed E-state index contributed by atoms with van der Waals surface area (Å²) < 4.78 is 0. The van der Waals surface area contributed by atoms with E-state index >= 15 is 0 Å². The second kappa shape index (κ2) is 3.36. The fourth-order valence-corrected chi connectivity index (χ4v) is 0.819. The van der Waals surface area contributed by atoms with Crippen molar-refractivity contribution >= 4 is 23.5 Å². The molecule has 0 saturated heterocycles. The van der Waals surface area contributed by atoms with Gasteiger partial charge < -0.3 is 10.2 Å². The van der Waals surface area contributed by atoms with Crippen LogP contribution in [0.1, 0.15) is 21.0 Å². The van der Waals surface area contributed by atoms with Gasteiger partial charge in [0.25, 0.3) is 0 Å². The van der Waals surface area contributed by atoms with Crippen LogP contribution in [0.2, 0.25) is 5.28 Å². The van der Waals surface area contributed by atoms with Crippen molar-refractivity contribution in [1.82, 2.24) is 9.97 Å². The topological polar surface area (TPSA) is 100 Å². The highest BCUT2D eigenvalue weighted by Gasteiger charge is 2.13. The molecule has 0 atom stereocenters. The van der Waals surface area contributed by atoms with Crippen molar-refractivity contribution in [3.63, 3.8) is 0 Å². The van der Waals surface area contributed by atoms with Crippen molar-refractivity contribution in [2.45, 2.75) is 0 Å². The summed E-state index contributed by atoms with van der Waals surface area (Å²) in [7, 11) is 0. The quantitative estimate of drug-likeness (QED) is 0.679. The Hall–Kier alpha value is -1.69. The van der Waals surface area contributed by atoms with E-state index in [9.17, 15) is 9.59 Å². The number of rotatable bonds is 2. The van der Waals surface area contributed by atoms with Crippen molar-refractivity contribution < 1.29 is 19.8 Å². The van der Waals surface area contributed by atoms with E-state index in [1.165, 1.54) is 0 Å². The smallest absolute Gasteiger partial charge is 0.354 e. The minimum Gasteiger partial charge on any atom is -0.477 e. The minimum atomic E-state index is -1.35. The predicted molar refractivity (Wildman–Crippen MR) is 41.0 cm³/mol. The first-order chi connectivity index (χ1) is 6.00. The second-order valence-corrected chi connectivity index (χ2v) is 2.36. The van der Waals surface area contributed by atoms with Crippen molar-refractivity contribution in [2.24, 2.45) is 0 Å². The van der Waals surface area contributed by atoms with E-state index < -0.39 is 28.6 Å². The van der Waals surface area contributed by atoms with Gasteiger partial charge in [0.15, 0.2) is 11.4 Å². The highest BCUT2D eigenvalue weighted by molar-refractivity contribution is 6.28. The molecule has 0 radical (unpaired) electrons. The number of carbonyl (C=O) groups is 2. The average molecular weight is 203 g/mol. The zero-order chi connectivity index (χ0) is 10.0. The van der Waals surface area contributed by atoms with E-state index in [1.54, 1.807) is 0 Å². The Labute approximate surface area is 76.8 Å². The van der Waals surface area contributed by atoms with Crippen LogP contribution in [-0.2, 0) is 0 Å². The molecule has 1 aromatic rings. The Morgan fingerprint density at radius 1 is 1.15 bits per heavy atom. The predicted octanol–water partition coefficient (Wildman–Crippen LogP) is 0.526. The number of carboxylic acid groups (broad SMARTS) is 2. The molecule has 6 nitrogen and oxygen atoms in total.